The van der Waals surface area contributed by atoms with Gasteiger partial charge in [0, 0.05) is 64.4 Å². The van der Waals surface area contributed by atoms with Crippen LogP contribution in [0, 0.1) is 0 Å². The van der Waals surface area contributed by atoms with Crippen LogP contribution in [0.2, 0.25) is 0 Å². The molecule has 142 valence electrons. The Morgan fingerprint density at radius 2 is 1.81 bits per heavy atom. The molecule has 3 heterocycles. The summed E-state index contributed by atoms with van der Waals surface area (Å²) in [6.45, 7) is 1.31. The van der Waals surface area contributed by atoms with Gasteiger partial charge in [-0.25, -0.2) is 9.97 Å². The first kappa shape index (κ1) is 18.8. The normalized spacial score (nSPS) is 16.7. The van der Waals surface area contributed by atoms with E-state index in [0.717, 1.165) is 18.5 Å². The van der Waals surface area contributed by atoms with E-state index in [1.807, 2.05) is 11.0 Å². The van der Waals surface area contributed by atoms with Gasteiger partial charge in [0.1, 0.15) is 0 Å². The zero-order valence-corrected chi connectivity index (χ0v) is 15.8. The van der Waals surface area contributed by atoms with E-state index in [9.17, 15) is 9.59 Å². The van der Waals surface area contributed by atoms with E-state index in [2.05, 4.69) is 20.3 Å². The molecule has 8 nitrogen and oxygen atoms in total. The highest BCUT2D eigenvalue weighted by atomic mass is 16.2. The molecule has 2 aromatic rings. The van der Waals surface area contributed by atoms with Crippen LogP contribution in [0.5, 0.6) is 0 Å². The smallest absolute Gasteiger partial charge is 0.257 e. The summed E-state index contributed by atoms with van der Waals surface area (Å²) in [7, 11) is 5.16. The fraction of sp³-hybridized carbons (Fsp3) is 0.421. The molecule has 1 unspecified atom stereocenters. The van der Waals surface area contributed by atoms with Crippen LogP contribution in [-0.4, -0.2) is 70.8 Å². The van der Waals surface area contributed by atoms with Gasteiger partial charge in [-0.3, -0.25) is 14.6 Å². The number of nitrogens with one attached hydrogen (secondary N) is 1. The lowest BCUT2D eigenvalue weighted by Crippen LogP contribution is -2.39. The van der Waals surface area contributed by atoms with Crippen LogP contribution in [0.4, 0.5) is 5.95 Å². The molecular weight excluding hydrogens is 344 g/mol. The standard InChI is InChI=1S/C19H24N6O2/c1-20-19-22-10-15(11-23-19)18(27)25-8-4-5-14(12-25)16-7-6-13(9-21-16)17(26)24(2)3/h6-7,9-11,14H,4-5,8,12H2,1-3H3,(H,20,22,23). The number of nitrogens with zero attached hydrogens (tertiary/aromatic N) is 5. The van der Waals surface area contributed by atoms with Gasteiger partial charge in [-0.2, -0.15) is 0 Å². The summed E-state index contributed by atoms with van der Waals surface area (Å²) in [5, 5.41) is 2.84. The zero-order valence-electron chi connectivity index (χ0n) is 15.8. The summed E-state index contributed by atoms with van der Waals surface area (Å²) in [6.07, 6.45) is 6.58. The highest BCUT2D eigenvalue weighted by Crippen LogP contribution is 2.26. The maximum absolute atomic E-state index is 12.7. The third-order valence-corrected chi connectivity index (χ3v) is 4.69. The molecule has 27 heavy (non-hydrogen) atoms. The molecule has 0 aliphatic carbocycles. The van der Waals surface area contributed by atoms with E-state index in [0.29, 0.717) is 30.2 Å². The minimum absolute atomic E-state index is 0.0678. The molecule has 1 aliphatic heterocycles. The molecule has 0 saturated carbocycles. The van der Waals surface area contributed by atoms with Gasteiger partial charge in [0.15, 0.2) is 0 Å². The van der Waals surface area contributed by atoms with Crippen LogP contribution < -0.4 is 5.32 Å². The summed E-state index contributed by atoms with van der Waals surface area (Å²) in [6, 6.07) is 3.69. The molecule has 0 radical (unpaired) electrons. The van der Waals surface area contributed by atoms with Crippen molar-refractivity contribution in [3.8, 4) is 0 Å². The number of carbonyl (C=O) groups excluding carboxylic acids is 2. The fourth-order valence-corrected chi connectivity index (χ4v) is 3.18. The van der Waals surface area contributed by atoms with Crippen molar-refractivity contribution >= 4 is 17.8 Å². The largest absolute Gasteiger partial charge is 0.357 e. The number of rotatable bonds is 4. The van der Waals surface area contributed by atoms with Crippen molar-refractivity contribution in [2.75, 3.05) is 39.5 Å². The van der Waals surface area contributed by atoms with Crippen molar-refractivity contribution in [3.63, 3.8) is 0 Å². The van der Waals surface area contributed by atoms with Crippen LogP contribution in [0.3, 0.4) is 0 Å². The number of hydrogen-bond acceptors (Lipinski definition) is 6. The minimum Gasteiger partial charge on any atom is -0.357 e. The Morgan fingerprint density at radius 3 is 2.41 bits per heavy atom. The Morgan fingerprint density at radius 1 is 1.11 bits per heavy atom. The minimum atomic E-state index is -0.0699. The lowest BCUT2D eigenvalue weighted by molar-refractivity contribution is 0.0705. The summed E-state index contributed by atoms with van der Waals surface area (Å²) in [5.41, 5.74) is 1.95. The first-order valence-corrected chi connectivity index (χ1v) is 8.96. The maximum atomic E-state index is 12.7. The predicted molar refractivity (Wildman–Crippen MR) is 102 cm³/mol. The quantitative estimate of drug-likeness (QED) is 0.882. The highest BCUT2D eigenvalue weighted by Gasteiger charge is 2.26. The fourth-order valence-electron chi connectivity index (χ4n) is 3.18. The molecule has 2 aromatic heterocycles. The van der Waals surface area contributed by atoms with Gasteiger partial charge in [-0.1, -0.05) is 0 Å². The Labute approximate surface area is 158 Å². The van der Waals surface area contributed by atoms with Crippen molar-refractivity contribution < 1.29 is 9.59 Å². The van der Waals surface area contributed by atoms with Crippen LogP contribution in [0.25, 0.3) is 0 Å². The zero-order chi connectivity index (χ0) is 19.4. The van der Waals surface area contributed by atoms with E-state index in [1.54, 1.807) is 45.8 Å². The molecule has 0 aromatic carbocycles. The Hall–Kier alpha value is -3.03. The second-order valence-corrected chi connectivity index (χ2v) is 6.81. The first-order chi connectivity index (χ1) is 13.0. The molecule has 1 atom stereocenters. The molecule has 2 amide bonds. The van der Waals surface area contributed by atoms with Crippen molar-refractivity contribution in [3.05, 3.63) is 47.5 Å². The predicted octanol–water partition coefficient (Wildman–Crippen LogP) is 1.63. The number of likely N-dealkylation sites (tertiary alicyclic amines) is 1. The number of amides is 2. The van der Waals surface area contributed by atoms with E-state index in [4.69, 9.17) is 0 Å². The Balaban J connectivity index is 1.70. The second kappa shape index (κ2) is 8.11. The Kier molecular flexibility index (Phi) is 5.63. The molecule has 1 N–H and O–H groups in total. The van der Waals surface area contributed by atoms with Crippen LogP contribution in [-0.2, 0) is 0 Å². The lowest BCUT2D eigenvalue weighted by Gasteiger charge is -2.32. The number of anilines is 1. The SMILES string of the molecule is CNc1ncc(C(=O)N2CCCC(c3ccc(C(=O)N(C)C)cn3)C2)cn1. The van der Waals surface area contributed by atoms with Crippen LogP contribution in [0.1, 0.15) is 45.2 Å². The van der Waals surface area contributed by atoms with Crippen molar-refractivity contribution in [1.29, 1.82) is 0 Å². The summed E-state index contributed by atoms with van der Waals surface area (Å²) in [4.78, 5) is 40.8. The van der Waals surface area contributed by atoms with Gasteiger partial charge in [0.05, 0.1) is 11.1 Å². The number of carbonyl (C=O) groups is 2. The number of piperidine rings is 1. The summed E-state index contributed by atoms with van der Waals surface area (Å²) in [5.74, 6) is 0.504. The van der Waals surface area contributed by atoms with Gasteiger partial charge in [0.2, 0.25) is 5.95 Å². The third-order valence-electron chi connectivity index (χ3n) is 4.69. The van der Waals surface area contributed by atoms with Gasteiger partial charge in [-0.15, -0.1) is 0 Å². The van der Waals surface area contributed by atoms with Crippen molar-refractivity contribution in [2.24, 2.45) is 0 Å². The number of hydrogen-bond donors (Lipinski definition) is 1. The lowest BCUT2D eigenvalue weighted by atomic mass is 9.93. The number of aromatic nitrogens is 3. The Bertz CT molecular complexity index is 804. The van der Waals surface area contributed by atoms with Crippen molar-refractivity contribution in [2.45, 2.75) is 18.8 Å². The molecule has 1 saturated heterocycles. The molecule has 0 spiro atoms. The maximum Gasteiger partial charge on any atom is 0.257 e. The van der Waals surface area contributed by atoms with E-state index < -0.39 is 0 Å². The monoisotopic (exact) mass is 368 g/mol. The molecule has 3 rings (SSSR count). The summed E-state index contributed by atoms with van der Waals surface area (Å²) >= 11 is 0. The highest BCUT2D eigenvalue weighted by molar-refractivity contribution is 5.94. The first-order valence-electron chi connectivity index (χ1n) is 8.96. The van der Waals surface area contributed by atoms with Crippen LogP contribution in [0.15, 0.2) is 30.7 Å². The van der Waals surface area contributed by atoms with Crippen LogP contribution >= 0.6 is 0 Å². The van der Waals surface area contributed by atoms with Gasteiger partial charge in [0.25, 0.3) is 11.8 Å². The molecule has 1 aliphatic rings. The van der Waals surface area contributed by atoms with E-state index in [-0.39, 0.29) is 17.7 Å². The molecular formula is C19H24N6O2. The van der Waals surface area contributed by atoms with E-state index >= 15 is 0 Å². The average Bonchev–Trinajstić information content (AvgIpc) is 2.73. The van der Waals surface area contributed by atoms with Gasteiger partial charge >= 0.3 is 0 Å². The molecule has 8 heteroatoms. The molecule has 0 bridgehead atoms. The number of pyridine rings is 1. The van der Waals surface area contributed by atoms with E-state index in [1.165, 1.54) is 4.90 Å². The van der Waals surface area contributed by atoms with Crippen molar-refractivity contribution in [1.82, 2.24) is 24.8 Å². The van der Waals surface area contributed by atoms with Gasteiger partial charge in [-0.05, 0) is 25.0 Å². The third kappa shape index (κ3) is 4.21. The average molecular weight is 368 g/mol. The summed E-state index contributed by atoms with van der Waals surface area (Å²) < 4.78 is 0. The van der Waals surface area contributed by atoms with Gasteiger partial charge < -0.3 is 15.1 Å². The molecule has 1 fully saturated rings. The second-order valence-electron chi connectivity index (χ2n) is 6.81. The topological polar surface area (TPSA) is 91.3 Å².